The average molecular weight is 254 g/mol. The molecule has 5 heteroatoms. The molecule has 96 valence electrons. The number of hydrogen-bond acceptors (Lipinski definition) is 4. The van der Waals surface area contributed by atoms with E-state index >= 15 is 0 Å². The van der Waals surface area contributed by atoms with Crippen LogP contribution in [0.5, 0.6) is 0 Å². The molecule has 0 saturated heterocycles. The molecule has 1 fully saturated rings. The maximum absolute atomic E-state index is 5.69. The lowest BCUT2D eigenvalue weighted by atomic mass is 10.1. The summed E-state index contributed by atoms with van der Waals surface area (Å²) in [6.07, 6.45) is 5.04. The second-order valence-electron chi connectivity index (χ2n) is 5.09. The highest BCUT2D eigenvalue weighted by molar-refractivity contribution is 7.99. The van der Waals surface area contributed by atoms with Crippen LogP contribution in [0.2, 0.25) is 0 Å². The first-order valence-corrected chi connectivity index (χ1v) is 7.47. The Morgan fingerprint density at radius 1 is 1.41 bits per heavy atom. The molecule has 0 aromatic carbocycles. The van der Waals surface area contributed by atoms with Gasteiger partial charge in [0.25, 0.3) is 0 Å². The molecule has 4 nitrogen and oxygen atoms in total. The Bertz CT molecular complexity index is 357. The molecule has 1 saturated carbocycles. The summed E-state index contributed by atoms with van der Waals surface area (Å²) in [5.74, 6) is 2.86. The van der Waals surface area contributed by atoms with Gasteiger partial charge in [0, 0.05) is 11.8 Å². The van der Waals surface area contributed by atoms with Crippen molar-refractivity contribution < 1.29 is 0 Å². The van der Waals surface area contributed by atoms with Gasteiger partial charge in [-0.1, -0.05) is 32.0 Å². The molecule has 1 aliphatic rings. The fourth-order valence-corrected chi connectivity index (χ4v) is 2.89. The van der Waals surface area contributed by atoms with Gasteiger partial charge in [-0.2, -0.15) is 0 Å². The van der Waals surface area contributed by atoms with Crippen molar-refractivity contribution in [1.29, 1.82) is 0 Å². The Hall–Kier alpha value is -0.550. The van der Waals surface area contributed by atoms with Crippen LogP contribution >= 0.6 is 11.8 Å². The zero-order chi connectivity index (χ0) is 12.3. The van der Waals surface area contributed by atoms with E-state index < -0.39 is 0 Å². The Morgan fingerprint density at radius 2 is 2.18 bits per heavy atom. The molecule has 0 spiro atoms. The van der Waals surface area contributed by atoms with E-state index in [2.05, 4.69) is 28.6 Å². The van der Waals surface area contributed by atoms with E-state index in [9.17, 15) is 0 Å². The first kappa shape index (κ1) is 12.9. The van der Waals surface area contributed by atoms with E-state index in [-0.39, 0.29) is 0 Å². The minimum Gasteiger partial charge on any atom is -0.324 e. The minimum absolute atomic E-state index is 0.496. The van der Waals surface area contributed by atoms with Gasteiger partial charge < -0.3 is 10.3 Å². The van der Waals surface area contributed by atoms with Crippen LogP contribution in [0.4, 0.5) is 0 Å². The maximum atomic E-state index is 5.69. The van der Waals surface area contributed by atoms with Crippen LogP contribution in [0.25, 0.3) is 0 Å². The van der Waals surface area contributed by atoms with Crippen LogP contribution in [0, 0.1) is 5.92 Å². The van der Waals surface area contributed by atoms with Crippen molar-refractivity contribution in [3.8, 4) is 0 Å². The summed E-state index contributed by atoms with van der Waals surface area (Å²) in [5, 5.41) is 9.50. The minimum atomic E-state index is 0.496. The normalized spacial score (nSPS) is 15.8. The van der Waals surface area contributed by atoms with Crippen molar-refractivity contribution in [3.05, 3.63) is 5.82 Å². The van der Waals surface area contributed by atoms with E-state index in [1.54, 1.807) is 0 Å². The molecule has 0 unspecified atom stereocenters. The van der Waals surface area contributed by atoms with Gasteiger partial charge >= 0.3 is 0 Å². The third kappa shape index (κ3) is 3.45. The second kappa shape index (κ2) is 5.87. The largest absolute Gasteiger partial charge is 0.324 e. The molecular weight excluding hydrogens is 232 g/mol. The lowest BCUT2D eigenvalue weighted by molar-refractivity contribution is 0.578. The van der Waals surface area contributed by atoms with Gasteiger partial charge in [-0.3, -0.25) is 0 Å². The van der Waals surface area contributed by atoms with Gasteiger partial charge in [-0.05, 0) is 25.2 Å². The fourth-order valence-electron chi connectivity index (χ4n) is 1.90. The number of hydrogen-bond donors (Lipinski definition) is 1. The number of rotatable bonds is 7. The monoisotopic (exact) mass is 254 g/mol. The molecule has 2 N–H and O–H groups in total. The molecule has 0 aliphatic heterocycles. The first-order chi connectivity index (χ1) is 8.22. The number of aromatic nitrogens is 3. The molecular formula is C12H22N4S. The molecule has 1 aromatic rings. The first-order valence-electron chi connectivity index (χ1n) is 6.49. The zero-order valence-corrected chi connectivity index (χ0v) is 11.5. The standard InChI is InChI=1S/C12H22N4S/c1-9(2)4-3-7-17-12-15-14-11(8-13)16(12)10-5-6-10/h9-10H,3-8,13H2,1-2H3. The van der Waals surface area contributed by atoms with Crippen LogP contribution < -0.4 is 5.73 Å². The SMILES string of the molecule is CC(C)CCCSc1nnc(CN)n1C1CC1. The lowest BCUT2D eigenvalue weighted by Gasteiger charge is -2.07. The zero-order valence-electron chi connectivity index (χ0n) is 10.7. The third-order valence-electron chi connectivity index (χ3n) is 2.99. The smallest absolute Gasteiger partial charge is 0.191 e. The summed E-state index contributed by atoms with van der Waals surface area (Å²) in [6, 6.07) is 0.621. The van der Waals surface area contributed by atoms with Crippen molar-refractivity contribution in [2.45, 2.75) is 57.3 Å². The van der Waals surface area contributed by atoms with E-state index in [1.165, 1.54) is 25.7 Å². The lowest BCUT2D eigenvalue weighted by Crippen LogP contribution is -2.08. The highest BCUT2D eigenvalue weighted by atomic mass is 32.2. The molecule has 0 amide bonds. The van der Waals surface area contributed by atoms with Crippen molar-refractivity contribution in [1.82, 2.24) is 14.8 Å². The summed E-state index contributed by atoms with van der Waals surface area (Å²) in [7, 11) is 0. The molecule has 1 heterocycles. The molecule has 2 rings (SSSR count). The van der Waals surface area contributed by atoms with Gasteiger partial charge in [-0.15, -0.1) is 10.2 Å². The molecule has 17 heavy (non-hydrogen) atoms. The van der Waals surface area contributed by atoms with Crippen molar-refractivity contribution >= 4 is 11.8 Å². The second-order valence-corrected chi connectivity index (χ2v) is 6.15. The van der Waals surface area contributed by atoms with Crippen LogP contribution in [-0.4, -0.2) is 20.5 Å². The van der Waals surface area contributed by atoms with Gasteiger partial charge in [0.05, 0.1) is 6.54 Å². The molecule has 1 aliphatic carbocycles. The summed E-state index contributed by atoms with van der Waals surface area (Å²) in [4.78, 5) is 0. The summed E-state index contributed by atoms with van der Waals surface area (Å²) in [6.45, 7) is 5.03. The molecule has 0 atom stereocenters. The van der Waals surface area contributed by atoms with E-state index in [0.717, 1.165) is 22.7 Å². The third-order valence-corrected chi connectivity index (χ3v) is 4.02. The Kier molecular flexibility index (Phi) is 4.45. The highest BCUT2D eigenvalue weighted by Crippen LogP contribution is 2.38. The van der Waals surface area contributed by atoms with Crippen LogP contribution in [0.15, 0.2) is 5.16 Å². The van der Waals surface area contributed by atoms with Crippen molar-refractivity contribution in [2.24, 2.45) is 11.7 Å². The topological polar surface area (TPSA) is 56.7 Å². The quantitative estimate of drug-likeness (QED) is 0.600. The number of nitrogens with zero attached hydrogens (tertiary/aromatic N) is 3. The van der Waals surface area contributed by atoms with Gasteiger partial charge in [0.1, 0.15) is 5.82 Å². The maximum Gasteiger partial charge on any atom is 0.191 e. The predicted octanol–water partition coefficient (Wildman–Crippen LogP) is 2.60. The summed E-state index contributed by atoms with van der Waals surface area (Å²) < 4.78 is 2.25. The van der Waals surface area contributed by atoms with Gasteiger partial charge in [0.15, 0.2) is 5.16 Å². The van der Waals surface area contributed by atoms with E-state index in [1.807, 2.05) is 11.8 Å². The van der Waals surface area contributed by atoms with Crippen LogP contribution in [0.1, 0.15) is 51.4 Å². The van der Waals surface area contributed by atoms with Crippen LogP contribution in [-0.2, 0) is 6.54 Å². The van der Waals surface area contributed by atoms with Gasteiger partial charge in [-0.25, -0.2) is 0 Å². The highest BCUT2D eigenvalue weighted by Gasteiger charge is 2.28. The Morgan fingerprint density at radius 3 is 2.76 bits per heavy atom. The van der Waals surface area contributed by atoms with E-state index in [4.69, 9.17) is 5.73 Å². The van der Waals surface area contributed by atoms with Crippen molar-refractivity contribution in [3.63, 3.8) is 0 Å². The van der Waals surface area contributed by atoms with E-state index in [0.29, 0.717) is 12.6 Å². The number of nitrogens with two attached hydrogens (primary N) is 1. The molecule has 0 radical (unpaired) electrons. The van der Waals surface area contributed by atoms with Crippen LogP contribution in [0.3, 0.4) is 0 Å². The molecule has 0 bridgehead atoms. The average Bonchev–Trinajstić information content (AvgIpc) is 3.05. The fraction of sp³-hybridized carbons (Fsp3) is 0.833. The van der Waals surface area contributed by atoms with Gasteiger partial charge in [0.2, 0.25) is 0 Å². The molecule has 1 aromatic heterocycles. The Balaban J connectivity index is 1.89. The van der Waals surface area contributed by atoms with Crippen molar-refractivity contribution in [2.75, 3.05) is 5.75 Å². The summed E-state index contributed by atoms with van der Waals surface area (Å²) in [5.41, 5.74) is 5.69. The predicted molar refractivity (Wildman–Crippen MR) is 71.0 cm³/mol. The summed E-state index contributed by atoms with van der Waals surface area (Å²) >= 11 is 1.83. The Labute approximate surface area is 107 Å². The number of thioether (sulfide) groups is 1.